The smallest absolute Gasteiger partial charge is 0.312 e. The SMILES string of the molecule is O=C(OC(OC(=O)C1CC=CCC1)c1ccc(C(OC(=O)C2CC=CCC2)OC(=O)C2CC=CCC2)cc1)C1CC=CCC1.O=C(OC(OC(=O)C1CCC2OC2C1)c1ccc(C(OC(=O)C2CCC3OC3C2)OC(=O)C2CCC3OC3C2)cc1)C1CCC2OC2C1. The van der Waals surface area contributed by atoms with Crippen molar-refractivity contribution in [3.05, 3.63) is 119 Å². The van der Waals surface area contributed by atoms with Gasteiger partial charge in [0, 0.05) is 22.3 Å². The van der Waals surface area contributed by atoms with E-state index >= 15 is 0 Å². The van der Waals surface area contributed by atoms with Crippen molar-refractivity contribution in [1.82, 2.24) is 0 Å². The summed E-state index contributed by atoms with van der Waals surface area (Å²) in [6, 6.07) is 13.2. The van der Waals surface area contributed by atoms with E-state index in [4.69, 9.17) is 56.8 Å². The molecule has 0 radical (unpaired) electrons. The van der Waals surface area contributed by atoms with Crippen LogP contribution in [0.25, 0.3) is 0 Å². The van der Waals surface area contributed by atoms with Crippen molar-refractivity contribution in [2.75, 3.05) is 0 Å². The largest absolute Gasteiger partial charge is 0.420 e. The molecule has 0 N–H and O–H groups in total. The average molecular weight is 1270 g/mol. The summed E-state index contributed by atoms with van der Waals surface area (Å²) in [4.78, 5) is 106. The number of ether oxygens (including phenoxy) is 12. The summed E-state index contributed by atoms with van der Waals surface area (Å²) in [7, 11) is 0. The van der Waals surface area contributed by atoms with E-state index in [1.807, 2.05) is 48.6 Å². The quantitative estimate of drug-likeness (QED) is 0.0392. The fourth-order valence-corrected chi connectivity index (χ4v) is 14.4. The van der Waals surface area contributed by atoms with Crippen molar-refractivity contribution in [2.24, 2.45) is 47.3 Å². The summed E-state index contributed by atoms with van der Waals surface area (Å²) in [5.74, 6) is -5.89. The van der Waals surface area contributed by atoms with Gasteiger partial charge < -0.3 is 56.8 Å². The van der Waals surface area contributed by atoms with Crippen molar-refractivity contribution in [2.45, 2.75) is 228 Å². The summed E-state index contributed by atoms with van der Waals surface area (Å²) in [5.41, 5.74) is 1.80. The lowest BCUT2D eigenvalue weighted by atomic mass is 9.89. The molecule has 8 aliphatic carbocycles. The monoisotopic (exact) mass is 1270 g/mol. The Morgan fingerprint density at radius 2 is 0.446 bits per heavy atom. The molecule has 2 aromatic carbocycles. The third-order valence-corrected chi connectivity index (χ3v) is 20.5. The molecule has 20 heteroatoms. The molecule has 4 aliphatic heterocycles. The van der Waals surface area contributed by atoms with Gasteiger partial charge in [0.1, 0.15) is 0 Å². The highest BCUT2D eigenvalue weighted by Gasteiger charge is 2.51. The van der Waals surface area contributed by atoms with Gasteiger partial charge in [0.05, 0.1) is 96.2 Å². The Balaban J connectivity index is 0.000000169. The minimum atomic E-state index is -1.26. The highest BCUT2D eigenvalue weighted by Crippen LogP contribution is 2.45. The van der Waals surface area contributed by atoms with Crippen LogP contribution in [0, 0.1) is 47.3 Å². The number of fused-ring (bicyclic) bond motifs is 4. The van der Waals surface area contributed by atoms with Gasteiger partial charge in [-0.2, -0.15) is 0 Å². The van der Waals surface area contributed by atoms with Gasteiger partial charge in [-0.25, -0.2) is 0 Å². The highest BCUT2D eigenvalue weighted by atomic mass is 16.7. The summed E-state index contributed by atoms with van der Waals surface area (Å²) in [5, 5.41) is 0. The third kappa shape index (κ3) is 16.3. The molecule has 16 unspecified atom stereocenters. The van der Waals surface area contributed by atoms with Crippen LogP contribution < -0.4 is 0 Å². The Morgan fingerprint density at radius 1 is 0.250 bits per heavy atom. The highest BCUT2D eigenvalue weighted by molar-refractivity contribution is 5.78. The molecule has 4 saturated carbocycles. The number of rotatable bonds is 20. The van der Waals surface area contributed by atoms with Gasteiger partial charge in [0.15, 0.2) is 0 Å². The summed E-state index contributed by atoms with van der Waals surface area (Å²) in [6.45, 7) is 0. The van der Waals surface area contributed by atoms with Crippen LogP contribution in [-0.4, -0.2) is 96.6 Å². The molecule has 2 aromatic rings. The second kappa shape index (κ2) is 29.1. The molecular weight excluding hydrogens is 1180 g/mol. The Hall–Kier alpha value is -7.00. The normalized spacial score (nSPS) is 33.7. The van der Waals surface area contributed by atoms with E-state index in [9.17, 15) is 38.4 Å². The van der Waals surface area contributed by atoms with E-state index in [1.165, 1.54) is 0 Å². The Labute approximate surface area is 535 Å². The molecule has 92 heavy (non-hydrogen) atoms. The van der Waals surface area contributed by atoms with Crippen LogP contribution in [0.1, 0.15) is 202 Å². The van der Waals surface area contributed by atoms with E-state index in [-0.39, 0.29) is 96.2 Å². The van der Waals surface area contributed by atoms with Crippen molar-refractivity contribution >= 4 is 47.8 Å². The van der Waals surface area contributed by atoms with E-state index in [0.29, 0.717) is 125 Å². The van der Waals surface area contributed by atoms with Crippen LogP contribution in [0.4, 0.5) is 0 Å². The maximum absolute atomic E-state index is 13.3. The molecule has 16 atom stereocenters. The van der Waals surface area contributed by atoms with E-state index in [1.54, 1.807) is 48.5 Å². The van der Waals surface area contributed by atoms with Gasteiger partial charge in [-0.1, -0.05) is 97.1 Å². The standard InChI is InChI=1S/C36H42O12.C36H42O8/c37-31(19-5-9-23-27(13-19)41-23)45-35(46-32(38)20-6-10-24-28(14-20)42-24)17-1-2-18(4-3-17)36(47-33(39)21-7-11-25-29(15-21)43-25)48-34(40)22-8-12-26-30(16-22)44-26;37-31(25-13-5-1-6-14-25)41-35(42-32(38)26-15-7-2-8-16-26)29-21-23-30(24-22-29)36(43-33(39)27-17-9-3-10-18-27)44-34(40)28-19-11-4-12-20-28/h1-4,19-30,35-36H,5-16H2;1-5,7,9,11,21-28,35-36H,6,8,10,12-20H2. The predicted octanol–water partition coefficient (Wildman–Crippen LogP) is 11.4. The second-order valence-electron chi connectivity index (χ2n) is 27.0. The van der Waals surface area contributed by atoms with Crippen LogP contribution in [0.2, 0.25) is 0 Å². The van der Waals surface area contributed by atoms with E-state index < -0.39 is 72.9 Å². The van der Waals surface area contributed by atoms with Gasteiger partial charge in [-0.3, -0.25) is 38.4 Å². The summed E-state index contributed by atoms with van der Waals surface area (Å²) < 4.78 is 69.2. The van der Waals surface area contributed by atoms with Gasteiger partial charge in [-0.15, -0.1) is 0 Å². The lowest BCUT2D eigenvalue weighted by Crippen LogP contribution is -2.30. The van der Waals surface area contributed by atoms with Crippen LogP contribution in [0.5, 0.6) is 0 Å². The van der Waals surface area contributed by atoms with E-state index in [2.05, 4.69) is 0 Å². The third-order valence-electron chi connectivity index (χ3n) is 20.5. The molecule has 4 saturated heterocycles. The number of epoxide rings is 4. The molecule has 12 aliphatic rings. The van der Waals surface area contributed by atoms with Crippen LogP contribution in [0.3, 0.4) is 0 Å². The first-order valence-electron chi connectivity index (χ1n) is 33.9. The molecular formula is C72H84O20. The number of carbonyl (C=O) groups is 8. The molecule has 0 aromatic heterocycles. The number of benzene rings is 2. The van der Waals surface area contributed by atoms with Crippen LogP contribution >= 0.6 is 0 Å². The number of hydrogen-bond donors (Lipinski definition) is 0. The zero-order chi connectivity index (χ0) is 63.2. The molecule has 492 valence electrons. The van der Waals surface area contributed by atoms with Crippen LogP contribution in [-0.2, 0) is 95.2 Å². The second-order valence-corrected chi connectivity index (χ2v) is 27.0. The Bertz CT molecular complexity index is 2780. The van der Waals surface area contributed by atoms with E-state index in [0.717, 1.165) is 51.4 Å². The summed E-state index contributed by atoms with van der Waals surface area (Å²) in [6.07, 6.45) is 28.8. The van der Waals surface area contributed by atoms with Crippen molar-refractivity contribution in [1.29, 1.82) is 0 Å². The first kappa shape index (κ1) is 63.7. The maximum atomic E-state index is 13.3. The zero-order valence-electron chi connectivity index (χ0n) is 51.9. The van der Waals surface area contributed by atoms with Gasteiger partial charge in [0.2, 0.25) is 0 Å². The average Bonchev–Trinajstić information content (AvgIpc) is 2.05. The molecule has 20 nitrogen and oxygen atoms in total. The molecule has 0 bridgehead atoms. The minimum Gasteiger partial charge on any atom is -0.420 e. The lowest BCUT2D eigenvalue weighted by Gasteiger charge is -2.27. The number of carbonyl (C=O) groups excluding carboxylic acids is 8. The van der Waals surface area contributed by atoms with Crippen molar-refractivity contribution in [3.63, 3.8) is 0 Å². The Kier molecular flexibility index (Phi) is 20.2. The molecule has 8 fully saturated rings. The van der Waals surface area contributed by atoms with Gasteiger partial charge >= 0.3 is 47.8 Å². The van der Waals surface area contributed by atoms with Crippen LogP contribution in [0.15, 0.2) is 97.1 Å². The number of allylic oxidation sites excluding steroid dienone is 8. The van der Waals surface area contributed by atoms with Gasteiger partial charge in [-0.05, 0) is 154 Å². The minimum absolute atomic E-state index is 0.0892. The first-order chi connectivity index (χ1) is 44.8. The first-order valence-corrected chi connectivity index (χ1v) is 33.9. The van der Waals surface area contributed by atoms with Crippen molar-refractivity contribution < 1.29 is 95.2 Å². The maximum Gasteiger partial charge on any atom is 0.312 e. The molecule has 4 heterocycles. The fourth-order valence-electron chi connectivity index (χ4n) is 14.4. The molecule has 14 rings (SSSR count). The molecule has 0 spiro atoms. The zero-order valence-corrected chi connectivity index (χ0v) is 51.9. The van der Waals surface area contributed by atoms with Crippen molar-refractivity contribution in [3.8, 4) is 0 Å². The topological polar surface area (TPSA) is 261 Å². The predicted molar refractivity (Wildman–Crippen MR) is 323 cm³/mol. The van der Waals surface area contributed by atoms with Gasteiger partial charge in [0.25, 0.3) is 25.2 Å². The Morgan fingerprint density at radius 3 is 0.620 bits per heavy atom. The number of hydrogen-bond acceptors (Lipinski definition) is 20. The summed E-state index contributed by atoms with van der Waals surface area (Å²) >= 11 is 0. The number of esters is 8. The molecule has 0 amide bonds. The lowest BCUT2D eigenvalue weighted by molar-refractivity contribution is -0.199. The fraction of sp³-hybridized carbons (Fsp3) is 0.611.